The lowest BCUT2D eigenvalue weighted by molar-refractivity contribution is -0.128. The molecule has 0 unspecified atom stereocenters. The van der Waals surface area contributed by atoms with Crippen LogP contribution in [0.4, 0.5) is 0 Å². The van der Waals surface area contributed by atoms with Crippen LogP contribution in [0.3, 0.4) is 0 Å². The van der Waals surface area contributed by atoms with Crippen LogP contribution in [0.2, 0.25) is 5.15 Å². The first-order valence-electron chi connectivity index (χ1n) is 6.99. The largest absolute Gasteiger partial charge is 0.299 e. The van der Waals surface area contributed by atoms with Crippen LogP contribution in [0.25, 0.3) is 0 Å². The molecule has 2 aliphatic carbocycles. The molecule has 3 rings (SSSR count). The van der Waals surface area contributed by atoms with Gasteiger partial charge in [0, 0.05) is 23.3 Å². The van der Waals surface area contributed by atoms with E-state index < -0.39 is 0 Å². The number of ketones is 1. The molecule has 0 aliphatic heterocycles. The van der Waals surface area contributed by atoms with Crippen molar-refractivity contribution >= 4 is 17.4 Å². The summed E-state index contributed by atoms with van der Waals surface area (Å²) in [6.07, 6.45) is 3.46. The van der Waals surface area contributed by atoms with Crippen LogP contribution in [0.5, 0.6) is 0 Å². The third-order valence-electron chi connectivity index (χ3n) is 5.14. The van der Waals surface area contributed by atoms with Crippen LogP contribution < -0.4 is 0 Å². The average Bonchev–Trinajstić information content (AvgIpc) is 2.35. The van der Waals surface area contributed by atoms with Gasteiger partial charge >= 0.3 is 0 Å². The Morgan fingerprint density at radius 2 is 2.05 bits per heavy atom. The van der Waals surface area contributed by atoms with Crippen LogP contribution >= 0.6 is 11.6 Å². The van der Waals surface area contributed by atoms with Crippen molar-refractivity contribution in [1.29, 1.82) is 0 Å². The van der Waals surface area contributed by atoms with E-state index in [2.05, 4.69) is 23.8 Å². The maximum absolute atomic E-state index is 12.0. The highest BCUT2D eigenvalue weighted by atomic mass is 35.5. The third kappa shape index (κ3) is 1.82. The zero-order valence-corrected chi connectivity index (χ0v) is 12.4. The minimum Gasteiger partial charge on any atom is -0.299 e. The monoisotopic (exact) mass is 278 g/mol. The Hall–Kier alpha value is -0.960. The van der Waals surface area contributed by atoms with Gasteiger partial charge in [0.25, 0.3) is 0 Å². The fourth-order valence-corrected chi connectivity index (χ4v) is 4.30. The molecule has 1 aromatic heterocycles. The first-order chi connectivity index (χ1) is 8.93. The van der Waals surface area contributed by atoms with Crippen molar-refractivity contribution in [2.45, 2.75) is 51.9 Å². The fourth-order valence-electron chi connectivity index (χ4n) is 3.99. The van der Waals surface area contributed by atoms with Crippen LogP contribution in [-0.2, 0) is 16.6 Å². The Morgan fingerprint density at radius 3 is 2.79 bits per heavy atom. The minimum atomic E-state index is -0.0156. The van der Waals surface area contributed by atoms with Gasteiger partial charge < -0.3 is 0 Å². The highest BCUT2D eigenvalue weighted by molar-refractivity contribution is 6.30. The van der Waals surface area contributed by atoms with Gasteiger partial charge in [-0.3, -0.25) is 4.79 Å². The topological polar surface area (TPSA) is 42.9 Å². The van der Waals surface area contributed by atoms with Crippen molar-refractivity contribution in [1.82, 2.24) is 9.97 Å². The number of nitrogens with zero attached hydrogens (tertiary/aromatic N) is 2. The molecule has 0 radical (unpaired) electrons. The van der Waals surface area contributed by atoms with Gasteiger partial charge in [-0.1, -0.05) is 25.4 Å². The minimum absolute atomic E-state index is 0.0156. The van der Waals surface area contributed by atoms with E-state index in [1.807, 2.05) is 6.92 Å². The van der Waals surface area contributed by atoms with Gasteiger partial charge in [0.2, 0.25) is 0 Å². The van der Waals surface area contributed by atoms with Crippen molar-refractivity contribution in [2.24, 2.45) is 11.8 Å². The maximum atomic E-state index is 12.0. The molecule has 2 aliphatic rings. The second kappa shape index (κ2) is 4.27. The third-order valence-corrected chi connectivity index (χ3v) is 5.45. The summed E-state index contributed by atoms with van der Waals surface area (Å²) in [5.41, 5.74) is 2.19. The molecule has 0 aromatic carbocycles. The molecule has 1 heterocycles. The van der Waals surface area contributed by atoms with Crippen molar-refractivity contribution in [3.8, 4) is 0 Å². The number of aromatic nitrogens is 2. The van der Waals surface area contributed by atoms with E-state index in [1.54, 1.807) is 0 Å². The summed E-state index contributed by atoms with van der Waals surface area (Å²) in [7, 11) is 0. The Kier molecular flexibility index (Phi) is 2.93. The van der Waals surface area contributed by atoms with Crippen molar-refractivity contribution < 1.29 is 4.79 Å². The van der Waals surface area contributed by atoms with E-state index in [0.717, 1.165) is 36.3 Å². The number of rotatable bonds is 0. The number of hydrogen-bond donors (Lipinski definition) is 0. The standard InChI is InChI=1S/C15H19ClN2O/c1-8-11-5-4-10-13(17-9(2)18-14(10)16)15(11,3)7-6-12(8)19/h8,11H,4-7H2,1-3H3/t8-,11-,15-/m0/s1. The predicted molar refractivity (Wildman–Crippen MR) is 74.3 cm³/mol. The summed E-state index contributed by atoms with van der Waals surface area (Å²) in [6.45, 7) is 6.21. The van der Waals surface area contributed by atoms with E-state index in [9.17, 15) is 4.79 Å². The SMILES string of the molecule is Cc1nc(Cl)c2c(n1)[C@@]1(C)CCC(=O)[C@@H](C)[C@@H]1CC2. The summed E-state index contributed by atoms with van der Waals surface area (Å²) in [4.78, 5) is 20.9. The van der Waals surface area contributed by atoms with Gasteiger partial charge in [-0.2, -0.15) is 0 Å². The Morgan fingerprint density at radius 1 is 1.32 bits per heavy atom. The zero-order valence-electron chi connectivity index (χ0n) is 11.7. The normalized spacial score (nSPS) is 33.8. The quantitative estimate of drug-likeness (QED) is 0.684. The number of Topliss-reactive ketones (excluding diaryl/α,β-unsaturated/α-hetero) is 1. The molecule has 4 heteroatoms. The first-order valence-corrected chi connectivity index (χ1v) is 7.37. The van der Waals surface area contributed by atoms with Gasteiger partial charge in [-0.15, -0.1) is 0 Å². The maximum Gasteiger partial charge on any atom is 0.136 e. The number of carbonyl (C=O) groups is 1. The zero-order chi connectivity index (χ0) is 13.8. The predicted octanol–water partition coefficient (Wildman–Crippen LogP) is 3.26. The molecule has 19 heavy (non-hydrogen) atoms. The molecular formula is C15H19ClN2O. The number of carbonyl (C=O) groups excluding carboxylic acids is 1. The molecule has 0 bridgehead atoms. The van der Waals surface area contributed by atoms with Gasteiger partial charge in [0.1, 0.15) is 16.8 Å². The van der Waals surface area contributed by atoms with Gasteiger partial charge in [-0.05, 0) is 32.1 Å². The van der Waals surface area contributed by atoms with Crippen LogP contribution in [0, 0.1) is 18.8 Å². The number of fused-ring (bicyclic) bond motifs is 3. The molecular weight excluding hydrogens is 260 g/mol. The Bertz CT molecular complexity index is 557. The number of halogens is 1. The van der Waals surface area contributed by atoms with E-state index >= 15 is 0 Å². The number of hydrogen-bond acceptors (Lipinski definition) is 3. The lowest BCUT2D eigenvalue weighted by Gasteiger charge is -2.47. The molecule has 1 fully saturated rings. The van der Waals surface area contributed by atoms with Crippen molar-refractivity contribution in [3.05, 3.63) is 22.2 Å². The summed E-state index contributed by atoms with van der Waals surface area (Å²) in [5.74, 6) is 1.67. The van der Waals surface area contributed by atoms with Gasteiger partial charge in [0.05, 0.1) is 5.69 Å². The van der Waals surface area contributed by atoms with Crippen molar-refractivity contribution in [3.63, 3.8) is 0 Å². The van der Waals surface area contributed by atoms with E-state index in [-0.39, 0.29) is 11.3 Å². The van der Waals surface area contributed by atoms with E-state index in [1.165, 1.54) is 0 Å². The summed E-state index contributed by atoms with van der Waals surface area (Å²) in [6, 6.07) is 0. The number of aryl methyl sites for hydroxylation is 1. The molecule has 0 N–H and O–H groups in total. The van der Waals surface area contributed by atoms with Crippen LogP contribution in [0.1, 0.15) is 50.2 Å². The van der Waals surface area contributed by atoms with E-state index in [0.29, 0.717) is 23.3 Å². The molecule has 1 saturated carbocycles. The lowest BCUT2D eigenvalue weighted by atomic mass is 9.56. The van der Waals surface area contributed by atoms with E-state index in [4.69, 9.17) is 11.6 Å². The summed E-state index contributed by atoms with van der Waals surface area (Å²) >= 11 is 6.29. The average molecular weight is 279 g/mol. The van der Waals surface area contributed by atoms with Gasteiger partial charge in [-0.25, -0.2) is 9.97 Å². The molecule has 3 atom stereocenters. The second-order valence-corrected chi connectivity index (χ2v) is 6.56. The highest BCUT2D eigenvalue weighted by Gasteiger charge is 2.49. The van der Waals surface area contributed by atoms with Crippen LogP contribution in [0.15, 0.2) is 0 Å². The summed E-state index contributed by atoms with van der Waals surface area (Å²) in [5, 5.41) is 0.603. The molecule has 3 nitrogen and oxygen atoms in total. The molecule has 102 valence electrons. The van der Waals surface area contributed by atoms with Gasteiger partial charge in [0.15, 0.2) is 0 Å². The molecule has 0 amide bonds. The molecule has 0 saturated heterocycles. The smallest absolute Gasteiger partial charge is 0.136 e. The Labute approximate surface area is 118 Å². The second-order valence-electron chi connectivity index (χ2n) is 6.21. The first kappa shape index (κ1) is 13.0. The molecule has 1 aromatic rings. The summed E-state index contributed by atoms with van der Waals surface area (Å²) < 4.78 is 0. The molecule has 0 spiro atoms. The van der Waals surface area contributed by atoms with Crippen LogP contribution in [-0.4, -0.2) is 15.8 Å². The fraction of sp³-hybridized carbons (Fsp3) is 0.667. The highest BCUT2D eigenvalue weighted by Crippen LogP contribution is 2.51. The van der Waals surface area contributed by atoms with Crippen molar-refractivity contribution in [2.75, 3.05) is 0 Å². The lowest BCUT2D eigenvalue weighted by Crippen LogP contribution is -2.47. The Balaban J connectivity index is 2.15.